The van der Waals surface area contributed by atoms with Gasteiger partial charge in [-0.1, -0.05) is 19.8 Å². The summed E-state index contributed by atoms with van der Waals surface area (Å²) in [4.78, 5) is 2.68. The first-order chi connectivity index (χ1) is 6.75. The lowest BCUT2D eigenvalue weighted by Gasteiger charge is -2.29. The Morgan fingerprint density at radius 1 is 1.43 bits per heavy atom. The van der Waals surface area contributed by atoms with Crippen LogP contribution in [0.5, 0.6) is 0 Å². The van der Waals surface area contributed by atoms with Crippen LogP contribution in [0, 0.1) is 11.8 Å². The molecule has 1 heterocycles. The van der Waals surface area contributed by atoms with E-state index >= 15 is 0 Å². The molecule has 0 spiro atoms. The summed E-state index contributed by atoms with van der Waals surface area (Å²) < 4.78 is 0. The molecule has 1 N–H and O–H groups in total. The van der Waals surface area contributed by atoms with E-state index in [2.05, 4.69) is 24.1 Å². The molecule has 82 valence electrons. The average Bonchev–Trinajstić information content (AvgIpc) is 2.93. The summed E-state index contributed by atoms with van der Waals surface area (Å²) in [5.74, 6) is 1.88. The fourth-order valence-electron chi connectivity index (χ4n) is 2.51. The van der Waals surface area contributed by atoms with E-state index < -0.39 is 0 Å². The Balaban J connectivity index is 1.80. The van der Waals surface area contributed by atoms with E-state index in [1.54, 1.807) is 0 Å². The highest BCUT2D eigenvalue weighted by Gasteiger charge is 2.27. The molecule has 1 saturated carbocycles. The van der Waals surface area contributed by atoms with Gasteiger partial charge in [0.2, 0.25) is 0 Å². The first-order valence-electron chi connectivity index (χ1n) is 6.20. The largest absolute Gasteiger partial charge is 0.315 e. The Kier molecular flexibility index (Phi) is 3.45. The standard InChI is InChI=1S/C12H24N2/c1-10-8-13-5-6-14(9-10)11(2)7-12-3-4-12/h10-13H,3-9H2,1-2H3. The van der Waals surface area contributed by atoms with Crippen LogP contribution >= 0.6 is 0 Å². The number of hydrogen-bond acceptors (Lipinski definition) is 2. The van der Waals surface area contributed by atoms with Crippen LogP contribution in [0.4, 0.5) is 0 Å². The van der Waals surface area contributed by atoms with Crippen LogP contribution in [0.2, 0.25) is 0 Å². The maximum absolute atomic E-state index is 3.51. The normalized spacial score (nSPS) is 32.6. The predicted molar refractivity (Wildman–Crippen MR) is 60.4 cm³/mol. The van der Waals surface area contributed by atoms with E-state index in [1.165, 1.54) is 45.4 Å². The van der Waals surface area contributed by atoms with Crippen LogP contribution in [0.25, 0.3) is 0 Å². The second-order valence-corrected chi connectivity index (χ2v) is 5.33. The monoisotopic (exact) mass is 196 g/mol. The van der Waals surface area contributed by atoms with E-state index in [1.807, 2.05) is 0 Å². The molecule has 0 aromatic heterocycles. The molecule has 2 fully saturated rings. The van der Waals surface area contributed by atoms with Gasteiger partial charge in [0.15, 0.2) is 0 Å². The summed E-state index contributed by atoms with van der Waals surface area (Å²) in [6, 6.07) is 0.810. The zero-order valence-electron chi connectivity index (χ0n) is 9.63. The van der Waals surface area contributed by atoms with Gasteiger partial charge >= 0.3 is 0 Å². The topological polar surface area (TPSA) is 15.3 Å². The van der Waals surface area contributed by atoms with Crippen LogP contribution in [0.15, 0.2) is 0 Å². The van der Waals surface area contributed by atoms with Crippen molar-refractivity contribution in [3.63, 3.8) is 0 Å². The second kappa shape index (κ2) is 4.63. The molecule has 1 aliphatic carbocycles. The summed E-state index contributed by atoms with van der Waals surface area (Å²) in [6.07, 6.45) is 4.42. The van der Waals surface area contributed by atoms with Crippen molar-refractivity contribution in [2.24, 2.45) is 11.8 Å². The third-order valence-corrected chi connectivity index (χ3v) is 3.61. The minimum atomic E-state index is 0.810. The van der Waals surface area contributed by atoms with E-state index in [9.17, 15) is 0 Å². The van der Waals surface area contributed by atoms with Crippen LogP contribution in [-0.2, 0) is 0 Å². The molecule has 0 radical (unpaired) electrons. The zero-order chi connectivity index (χ0) is 9.97. The molecule has 2 nitrogen and oxygen atoms in total. The first-order valence-corrected chi connectivity index (χ1v) is 6.20. The number of nitrogens with zero attached hydrogens (tertiary/aromatic N) is 1. The van der Waals surface area contributed by atoms with Crippen molar-refractivity contribution >= 4 is 0 Å². The van der Waals surface area contributed by atoms with E-state index in [0.29, 0.717) is 0 Å². The number of rotatable bonds is 3. The molecule has 2 rings (SSSR count). The smallest absolute Gasteiger partial charge is 0.0110 e. The van der Waals surface area contributed by atoms with E-state index in [0.717, 1.165) is 17.9 Å². The molecule has 2 unspecified atom stereocenters. The molecule has 2 heteroatoms. The van der Waals surface area contributed by atoms with Gasteiger partial charge in [-0.3, -0.25) is 4.90 Å². The Morgan fingerprint density at radius 2 is 2.21 bits per heavy atom. The van der Waals surface area contributed by atoms with Gasteiger partial charge in [0.05, 0.1) is 0 Å². The SMILES string of the molecule is CC1CNCCN(C(C)CC2CC2)C1. The minimum absolute atomic E-state index is 0.810. The first kappa shape index (κ1) is 10.4. The minimum Gasteiger partial charge on any atom is -0.315 e. The molecule has 14 heavy (non-hydrogen) atoms. The van der Waals surface area contributed by atoms with Crippen LogP contribution in [0.1, 0.15) is 33.1 Å². The third-order valence-electron chi connectivity index (χ3n) is 3.61. The van der Waals surface area contributed by atoms with Crippen LogP contribution in [-0.4, -0.2) is 37.1 Å². The molecule has 0 aromatic rings. The van der Waals surface area contributed by atoms with Crippen molar-refractivity contribution in [1.29, 1.82) is 0 Å². The average molecular weight is 196 g/mol. The molecule has 0 bridgehead atoms. The summed E-state index contributed by atoms with van der Waals surface area (Å²) in [5.41, 5.74) is 0. The highest BCUT2D eigenvalue weighted by atomic mass is 15.2. The van der Waals surface area contributed by atoms with Gasteiger partial charge in [-0.25, -0.2) is 0 Å². The van der Waals surface area contributed by atoms with Crippen molar-refractivity contribution in [1.82, 2.24) is 10.2 Å². The molecule has 2 aliphatic rings. The Labute approximate surface area is 88.1 Å². The molecular weight excluding hydrogens is 172 g/mol. The maximum Gasteiger partial charge on any atom is 0.0110 e. The highest BCUT2D eigenvalue weighted by molar-refractivity contribution is 4.82. The van der Waals surface area contributed by atoms with Crippen LogP contribution < -0.4 is 5.32 Å². The molecule has 0 aromatic carbocycles. The number of hydrogen-bond donors (Lipinski definition) is 1. The van der Waals surface area contributed by atoms with Gasteiger partial charge in [-0.2, -0.15) is 0 Å². The lowest BCUT2D eigenvalue weighted by Crippen LogP contribution is -2.37. The van der Waals surface area contributed by atoms with Gasteiger partial charge in [0.25, 0.3) is 0 Å². The van der Waals surface area contributed by atoms with Crippen molar-refractivity contribution in [3.05, 3.63) is 0 Å². The van der Waals surface area contributed by atoms with Crippen molar-refractivity contribution < 1.29 is 0 Å². The van der Waals surface area contributed by atoms with Gasteiger partial charge in [0.1, 0.15) is 0 Å². The van der Waals surface area contributed by atoms with Crippen molar-refractivity contribution in [2.45, 2.75) is 39.2 Å². The fourth-order valence-corrected chi connectivity index (χ4v) is 2.51. The van der Waals surface area contributed by atoms with E-state index in [-0.39, 0.29) is 0 Å². The van der Waals surface area contributed by atoms with Gasteiger partial charge < -0.3 is 5.32 Å². The number of nitrogens with one attached hydrogen (secondary N) is 1. The summed E-state index contributed by atoms with van der Waals surface area (Å²) >= 11 is 0. The lowest BCUT2D eigenvalue weighted by atomic mass is 10.1. The highest BCUT2D eigenvalue weighted by Crippen LogP contribution is 2.34. The van der Waals surface area contributed by atoms with Crippen molar-refractivity contribution in [3.8, 4) is 0 Å². The van der Waals surface area contributed by atoms with Crippen LogP contribution in [0.3, 0.4) is 0 Å². The molecule has 0 amide bonds. The fraction of sp³-hybridized carbons (Fsp3) is 1.00. The van der Waals surface area contributed by atoms with Gasteiger partial charge in [0, 0.05) is 25.7 Å². The predicted octanol–water partition coefficient (Wildman–Crippen LogP) is 1.72. The van der Waals surface area contributed by atoms with Crippen molar-refractivity contribution in [2.75, 3.05) is 26.2 Å². The Bertz CT molecular complexity index is 177. The molecule has 1 saturated heterocycles. The lowest BCUT2D eigenvalue weighted by molar-refractivity contribution is 0.188. The Morgan fingerprint density at radius 3 is 2.93 bits per heavy atom. The summed E-state index contributed by atoms with van der Waals surface area (Å²) in [5, 5.41) is 3.51. The van der Waals surface area contributed by atoms with Gasteiger partial charge in [-0.05, 0) is 31.7 Å². The summed E-state index contributed by atoms with van der Waals surface area (Å²) in [6.45, 7) is 9.69. The molecule has 1 aliphatic heterocycles. The van der Waals surface area contributed by atoms with E-state index in [4.69, 9.17) is 0 Å². The Hall–Kier alpha value is -0.0800. The zero-order valence-corrected chi connectivity index (χ0v) is 9.63. The molecule has 2 atom stereocenters. The summed E-state index contributed by atoms with van der Waals surface area (Å²) in [7, 11) is 0. The maximum atomic E-state index is 3.51. The third kappa shape index (κ3) is 2.96. The molecular formula is C12H24N2. The second-order valence-electron chi connectivity index (χ2n) is 5.33. The van der Waals surface area contributed by atoms with Gasteiger partial charge in [-0.15, -0.1) is 0 Å². The quantitative estimate of drug-likeness (QED) is 0.739.